The van der Waals surface area contributed by atoms with Gasteiger partial charge in [0.05, 0.1) is 11.4 Å². The highest BCUT2D eigenvalue weighted by atomic mass is 15.1. The predicted molar refractivity (Wildman–Crippen MR) is 162 cm³/mol. The highest BCUT2D eigenvalue weighted by Gasteiger charge is 2.41. The quantitative estimate of drug-likeness (QED) is 0.264. The lowest BCUT2D eigenvalue weighted by atomic mass is 9.33. The maximum absolute atomic E-state index is 2.38. The van der Waals surface area contributed by atoms with Crippen molar-refractivity contribution in [2.24, 2.45) is 0 Å². The van der Waals surface area contributed by atoms with Crippen LogP contribution in [-0.2, 0) is 0 Å². The molecule has 0 amide bonds. The molecule has 0 fully saturated rings. The molecule has 8 rings (SSSR count). The van der Waals surface area contributed by atoms with Gasteiger partial charge in [0, 0.05) is 17.3 Å². The molecule has 0 unspecified atom stereocenters. The third-order valence-electron chi connectivity index (χ3n) is 8.09. The lowest BCUT2D eigenvalue weighted by molar-refractivity contribution is 1.17. The van der Waals surface area contributed by atoms with Crippen LogP contribution in [-0.4, -0.2) is 6.71 Å². The first kappa shape index (κ1) is 21.3. The fourth-order valence-electron chi connectivity index (χ4n) is 6.55. The SMILES string of the molecule is C1=CB2C(=C3C(=C4C=CC=CN4c4ccccc43)c3c2cccc3-c2ccccc2)C(c2ccccc2)=C1. The summed E-state index contributed by atoms with van der Waals surface area (Å²) in [6, 6.07) is 37.4. The Morgan fingerprint density at radius 3 is 2.16 bits per heavy atom. The first-order valence-corrected chi connectivity index (χ1v) is 13.3. The van der Waals surface area contributed by atoms with Crippen LogP contribution >= 0.6 is 0 Å². The maximum Gasteiger partial charge on any atom is 0.236 e. The molecule has 0 saturated carbocycles. The molecule has 0 aromatic heterocycles. The summed E-state index contributed by atoms with van der Waals surface area (Å²) in [5, 5.41) is 0. The molecule has 0 aliphatic carbocycles. The molecule has 176 valence electrons. The Hall–Kier alpha value is -4.82. The summed E-state index contributed by atoms with van der Waals surface area (Å²) >= 11 is 0. The van der Waals surface area contributed by atoms with E-state index in [1.807, 2.05) is 0 Å². The highest BCUT2D eigenvalue weighted by molar-refractivity contribution is 6.89. The molecule has 38 heavy (non-hydrogen) atoms. The third-order valence-corrected chi connectivity index (χ3v) is 8.09. The van der Waals surface area contributed by atoms with Gasteiger partial charge in [-0.3, -0.25) is 0 Å². The monoisotopic (exact) mass is 481 g/mol. The zero-order chi connectivity index (χ0) is 25.1. The predicted octanol–water partition coefficient (Wildman–Crippen LogP) is 7.87. The van der Waals surface area contributed by atoms with Crippen LogP contribution in [0.1, 0.15) is 16.7 Å². The molecule has 0 atom stereocenters. The normalized spacial score (nSPS) is 16.5. The molecule has 4 aromatic rings. The summed E-state index contributed by atoms with van der Waals surface area (Å²) in [5.41, 5.74) is 15.6. The van der Waals surface area contributed by atoms with Crippen molar-refractivity contribution >= 4 is 34.6 Å². The Labute approximate surface area is 223 Å². The summed E-state index contributed by atoms with van der Waals surface area (Å²) in [5.74, 6) is 2.38. The van der Waals surface area contributed by atoms with E-state index in [2.05, 4.69) is 151 Å². The molecule has 4 aliphatic rings. The van der Waals surface area contributed by atoms with Crippen LogP contribution in [0.4, 0.5) is 5.69 Å². The lowest BCUT2D eigenvalue weighted by Crippen LogP contribution is -2.41. The standard InChI is InChI=1S/C36H24BN/c1-3-13-25(14-4-1)27-18-11-20-30-33(27)35-32-22-9-10-24-38(32)31-21-8-7-17-29(31)34(35)36-28(19-12-23-37(30)36)26-15-5-2-6-16-26/h1-24H. The summed E-state index contributed by atoms with van der Waals surface area (Å²) in [6.45, 7) is 0.177. The molecule has 0 saturated heterocycles. The average molecular weight is 481 g/mol. The van der Waals surface area contributed by atoms with Gasteiger partial charge in [-0.25, -0.2) is 0 Å². The second-order valence-electron chi connectivity index (χ2n) is 10.1. The van der Waals surface area contributed by atoms with Gasteiger partial charge in [0.25, 0.3) is 0 Å². The van der Waals surface area contributed by atoms with E-state index in [-0.39, 0.29) is 6.71 Å². The van der Waals surface area contributed by atoms with Gasteiger partial charge in [-0.2, -0.15) is 0 Å². The third kappa shape index (κ3) is 3.01. The zero-order valence-corrected chi connectivity index (χ0v) is 20.9. The van der Waals surface area contributed by atoms with Gasteiger partial charge < -0.3 is 4.90 Å². The molecule has 0 N–H and O–H groups in total. The number of hydrogen-bond donors (Lipinski definition) is 0. The number of nitrogens with zero attached hydrogens (tertiary/aromatic N) is 1. The Balaban J connectivity index is 1.54. The lowest BCUT2D eigenvalue weighted by Gasteiger charge is -2.41. The van der Waals surface area contributed by atoms with Crippen molar-refractivity contribution < 1.29 is 0 Å². The molecule has 4 heterocycles. The van der Waals surface area contributed by atoms with Crippen LogP contribution in [0.2, 0.25) is 0 Å². The number of anilines is 1. The second kappa shape index (κ2) is 8.36. The molecule has 1 nitrogen and oxygen atoms in total. The first-order valence-electron chi connectivity index (χ1n) is 13.3. The fourth-order valence-corrected chi connectivity index (χ4v) is 6.55. The minimum absolute atomic E-state index is 0.177. The van der Waals surface area contributed by atoms with E-state index in [0.29, 0.717) is 0 Å². The molecule has 2 heteroatoms. The Morgan fingerprint density at radius 2 is 1.32 bits per heavy atom. The molecule has 4 aliphatic heterocycles. The molecule has 0 bridgehead atoms. The second-order valence-corrected chi connectivity index (χ2v) is 10.1. The van der Waals surface area contributed by atoms with Crippen molar-refractivity contribution in [3.63, 3.8) is 0 Å². The van der Waals surface area contributed by atoms with Crippen molar-refractivity contribution in [2.45, 2.75) is 0 Å². The van der Waals surface area contributed by atoms with Gasteiger partial charge in [0.1, 0.15) is 0 Å². The van der Waals surface area contributed by atoms with Gasteiger partial charge in [-0.1, -0.05) is 126 Å². The number of para-hydroxylation sites is 1. The van der Waals surface area contributed by atoms with Crippen molar-refractivity contribution in [3.8, 4) is 11.1 Å². The molecule has 4 aromatic carbocycles. The Bertz CT molecular complexity index is 1800. The van der Waals surface area contributed by atoms with Gasteiger partial charge >= 0.3 is 0 Å². The minimum atomic E-state index is 0.177. The number of benzene rings is 4. The largest absolute Gasteiger partial charge is 0.316 e. The van der Waals surface area contributed by atoms with Crippen LogP contribution in [0.15, 0.2) is 157 Å². The minimum Gasteiger partial charge on any atom is -0.316 e. The average Bonchev–Trinajstić information content (AvgIpc) is 3.01. The molecular formula is C36H24BN. The van der Waals surface area contributed by atoms with E-state index >= 15 is 0 Å². The van der Waals surface area contributed by atoms with E-state index in [9.17, 15) is 0 Å². The zero-order valence-electron chi connectivity index (χ0n) is 20.9. The summed E-state index contributed by atoms with van der Waals surface area (Å²) < 4.78 is 0. The Kier molecular flexibility index (Phi) is 4.68. The summed E-state index contributed by atoms with van der Waals surface area (Å²) in [7, 11) is 0. The van der Waals surface area contributed by atoms with E-state index in [1.54, 1.807) is 0 Å². The Morgan fingerprint density at radius 1 is 0.579 bits per heavy atom. The molecule has 0 spiro atoms. The van der Waals surface area contributed by atoms with Crippen molar-refractivity contribution in [3.05, 3.63) is 174 Å². The van der Waals surface area contributed by atoms with E-state index < -0.39 is 0 Å². The summed E-state index contributed by atoms with van der Waals surface area (Å²) in [4.78, 5) is 2.37. The van der Waals surface area contributed by atoms with Crippen LogP contribution in [0.3, 0.4) is 0 Å². The van der Waals surface area contributed by atoms with E-state index in [0.717, 1.165) is 0 Å². The van der Waals surface area contributed by atoms with Gasteiger partial charge in [0.2, 0.25) is 6.71 Å². The smallest absolute Gasteiger partial charge is 0.236 e. The first-order chi connectivity index (χ1) is 18.9. The van der Waals surface area contributed by atoms with Crippen LogP contribution < -0.4 is 10.4 Å². The van der Waals surface area contributed by atoms with E-state index in [4.69, 9.17) is 0 Å². The fraction of sp³-hybridized carbons (Fsp3) is 0. The van der Waals surface area contributed by atoms with Crippen molar-refractivity contribution in [1.29, 1.82) is 0 Å². The topological polar surface area (TPSA) is 3.24 Å². The van der Waals surface area contributed by atoms with Gasteiger partial charge in [-0.15, -0.1) is 5.98 Å². The van der Waals surface area contributed by atoms with Crippen LogP contribution in [0, 0.1) is 0 Å². The highest BCUT2D eigenvalue weighted by Crippen LogP contribution is 2.53. The maximum atomic E-state index is 2.38. The number of rotatable bonds is 2. The van der Waals surface area contributed by atoms with Crippen LogP contribution in [0.25, 0.3) is 27.8 Å². The van der Waals surface area contributed by atoms with Crippen LogP contribution in [0.5, 0.6) is 0 Å². The van der Waals surface area contributed by atoms with E-state index in [1.165, 1.54) is 66.9 Å². The van der Waals surface area contributed by atoms with Crippen molar-refractivity contribution in [2.75, 3.05) is 4.90 Å². The number of fused-ring (bicyclic) bond motifs is 9. The number of hydrogen-bond acceptors (Lipinski definition) is 1. The summed E-state index contributed by atoms with van der Waals surface area (Å²) in [6.07, 6.45) is 13.3. The molecule has 0 radical (unpaired) electrons. The number of allylic oxidation sites excluding steroid dienone is 9. The van der Waals surface area contributed by atoms with Gasteiger partial charge in [-0.05, 0) is 51.6 Å². The van der Waals surface area contributed by atoms with Gasteiger partial charge in [0.15, 0.2) is 0 Å². The molecular weight excluding hydrogens is 457 g/mol. The van der Waals surface area contributed by atoms with Crippen molar-refractivity contribution in [1.82, 2.24) is 0 Å².